The standard InChI is InChI=1S/C21H28O6/c1-6-11-20(12-7-2,18(23)24)21(13-8-3,14-9-4)19(25)27-16-15-26-17(22)10-5/h6-14H,5,15-16H2,1-4H3,(H,23,24). The molecule has 0 aromatic carbocycles. The fourth-order valence-electron chi connectivity index (χ4n) is 2.79. The van der Waals surface area contributed by atoms with Crippen LogP contribution in [0, 0.1) is 10.8 Å². The largest absolute Gasteiger partial charge is 0.480 e. The first-order chi connectivity index (χ1) is 12.8. The Morgan fingerprint density at radius 1 is 0.815 bits per heavy atom. The van der Waals surface area contributed by atoms with Gasteiger partial charge in [-0.1, -0.05) is 55.2 Å². The van der Waals surface area contributed by atoms with Crippen LogP contribution < -0.4 is 0 Å². The molecule has 0 aliphatic carbocycles. The van der Waals surface area contributed by atoms with E-state index in [2.05, 4.69) is 6.58 Å². The van der Waals surface area contributed by atoms with E-state index in [9.17, 15) is 19.5 Å². The molecule has 6 heteroatoms. The number of carboxylic acids is 1. The second-order valence-corrected chi connectivity index (χ2v) is 5.55. The summed E-state index contributed by atoms with van der Waals surface area (Å²) in [6.07, 6.45) is 13.3. The number of aliphatic carboxylic acids is 1. The summed E-state index contributed by atoms with van der Waals surface area (Å²) in [6, 6.07) is 0. The van der Waals surface area contributed by atoms with Gasteiger partial charge in [0.2, 0.25) is 0 Å². The van der Waals surface area contributed by atoms with Crippen LogP contribution in [0.1, 0.15) is 27.7 Å². The Bertz CT molecular complexity index is 628. The number of esters is 2. The lowest BCUT2D eigenvalue weighted by atomic mass is 9.62. The van der Waals surface area contributed by atoms with Gasteiger partial charge in [-0.25, -0.2) is 4.79 Å². The summed E-state index contributed by atoms with van der Waals surface area (Å²) < 4.78 is 10.1. The van der Waals surface area contributed by atoms with E-state index in [1.165, 1.54) is 24.3 Å². The molecular weight excluding hydrogens is 348 g/mol. The van der Waals surface area contributed by atoms with E-state index in [-0.39, 0.29) is 13.2 Å². The molecular formula is C21H28O6. The predicted octanol–water partition coefficient (Wildman–Crippen LogP) is 3.62. The van der Waals surface area contributed by atoms with Crippen molar-refractivity contribution in [3.05, 3.63) is 61.3 Å². The third-order valence-corrected chi connectivity index (χ3v) is 3.82. The highest BCUT2D eigenvalue weighted by molar-refractivity contribution is 5.94. The molecule has 0 aliphatic heterocycles. The molecule has 0 heterocycles. The first-order valence-electron chi connectivity index (χ1n) is 8.57. The number of carbonyl (C=O) groups excluding carboxylic acids is 2. The van der Waals surface area contributed by atoms with E-state index in [1.54, 1.807) is 52.0 Å². The van der Waals surface area contributed by atoms with Crippen molar-refractivity contribution in [3.8, 4) is 0 Å². The molecule has 0 fully saturated rings. The van der Waals surface area contributed by atoms with Gasteiger partial charge in [0.25, 0.3) is 0 Å². The highest BCUT2D eigenvalue weighted by Crippen LogP contribution is 2.47. The lowest BCUT2D eigenvalue weighted by Crippen LogP contribution is -2.49. The number of hydrogen-bond acceptors (Lipinski definition) is 5. The second-order valence-electron chi connectivity index (χ2n) is 5.55. The van der Waals surface area contributed by atoms with Gasteiger partial charge in [-0.3, -0.25) is 9.59 Å². The van der Waals surface area contributed by atoms with Crippen LogP contribution in [0.3, 0.4) is 0 Å². The van der Waals surface area contributed by atoms with Crippen LogP contribution >= 0.6 is 0 Å². The zero-order chi connectivity index (χ0) is 20.9. The van der Waals surface area contributed by atoms with Crippen molar-refractivity contribution < 1.29 is 29.0 Å². The third kappa shape index (κ3) is 5.54. The zero-order valence-electron chi connectivity index (χ0n) is 16.3. The number of carboxylic acid groups (broad SMARTS) is 1. The zero-order valence-corrected chi connectivity index (χ0v) is 16.3. The average molecular weight is 376 g/mol. The Labute approximate surface area is 160 Å². The molecule has 1 N–H and O–H groups in total. The van der Waals surface area contributed by atoms with Crippen LogP contribution in [0.15, 0.2) is 61.3 Å². The number of allylic oxidation sites excluding steroid dienone is 4. The lowest BCUT2D eigenvalue weighted by molar-refractivity contribution is -0.164. The Morgan fingerprint density at radius 3 is 1.59 bits per heavy atom. The Hall–Kier alpha value is -2.89. The van der Waals surface area contributed by atoms with Gasteiger partial charge < -0.3 is 14.6 Å². The van der Waals surface area contributed by atoms with Crippen molar-refractivity contribution in [1.82, 2.24) is 0 Å². The summed E-state index contributed by atoms with van der Waals surface area (Å²) in [6.45, 7) is 9.64. The normalized spacial score (nSPS) is 16.4. The van der Waals surface area contributed by atoms with Crippen molar-refractivity contribution in [2.24, 2.45) is 10.8 Å². The molecule has 0 aromatic rings. The minimum atomic E-state index is -1.69. The molecule has 27 heavy (non-hydrogen) atoms. The lowest BCUT2D eigenvalue weighted by Gasteiger charge is -2.39. The second kappa shape index (κ2) is 11.7. The van der Waals surface area contributed by atoms with Crippen molar-refractivity contribution >= 4 is 17.9 Å². The smallest absolute Gasteiger partial charge is 0.330 e. The molecule has 0 unspecified atom stereocenters. The predicted molar refractivity (Wildman–Crippen MR) is 104 cm³/mol. The van der Waals surface area contributed by atoms with Gasteiger partial charge in [-0.05, 0) is 27.7 Å². The number of carbonyl (C=O) groups is 3. The SMILES string of the molecule is C=CC(=O)OCCOC(=O)C(C=CC)(C=CC)C(C=CC)(C=CC)C(=O)O. The van der Waals surface area contributed by atoms with Gasteiger partial charge in [-0.15, -0.1) is 0 Å². The quantitative estimate of drug-likeness (QED) is 0.256. The molecule has 0 radical (unpaired) electrons. The molecule has 0 bridgehead atoms. The number of ether oxygens (including phenoxy) is 2. The Balaban J connectivity index is 6.16. The van der Waals surface area contributed by atoms with Crippen LogP contribution in [0.25, 0.3) is 0 Å². The monoisotopic (exact) mass is 376 g/mol. The van der Waals surface area contributed by atoms with Gasteiger partial charge in [0, 0.05) is 6.08 Å². The molecule has 0 aliphatic rings. The molecule has 0 saturated carbocycles. The Kier molecular flexibility index (Phi) is 10.4. The van der Waals surface area contributed by atoms with Crippen LogP contribution in [-0.2, 0) is 23.9 Å². The highest BCUT2D eigenvalue weighted by atomic mass is 16.6. The molecule has 0 amide bonds. The van der Waals surface area contributed by atoms with Crippen LogP contribution in [0.2, 0.25) is 0 Å². The van der Waals surface area contributed by atoms with E-state index in [4.69, 9.17) is 9.47 Å². The Morgan fingerprint density at radius 2 is 1.22 bits per heavy atom. The summed E-state index contributed by atoms with van der Waals surface area (Å²) >= 11 is 0. The summed E-state index contributed by atoms with van der Waals surface area (Å²) in [4.78, 5) is 36.4. The fourth-order valence-corrected chi connectivity index (χ4v) is 2.79. The maximum Gasteiger partial charge on any atom is 0.330 e. The van der Waals surface area contributed by atoms with Crippen LogP contribution in [-0.4, -0.2) is 36.2 Å². The van der Waals surface area contributed by atoms with Crippen molar-refractivity contribution in [2.45, 2.75) is 27.7 Å². The molecule has 0 saturated heterocycles. The summed E-state index contributed by atoms with van der Waals surface area (Å²) in [7, 11) is 0. The van der Waals surface area contributed by atoms with Crippen molar-refractivity contribution in [3.63, 3.8) is 0 Å². The molecule has 0 rings (SSSR count). The highest BCUT2D eigenvalue weighted by Gasteiger charge is 2.56. The van der Waals surface area contributed by atoms with Crippen LogP contribution in [0.5, 0.6) is 0 Å². The summed E-state index contributed by atoms with van der Waals surface area (Å²) in [5, 5.41) is 10.0. The maximum atomic E-state index is 13.0. The van der Waals surface area contributed by atoms with Gasteiger partial charge in [-0.2, -0.15) is 0 Å². The van der Waals surface area contributed by atoms with E-state index in [0.29, 0.717) is 0 Å². The maximum absolute atomic E-state index is 13.0. The third-order valence-electron chi connectivity index (χ3n) is 3.82. The molecule has 6 nitrogen and oxygen atoms in total. The number of rotatable bonds is 11. The fraction of sp³-hybridized carbons (Fsp3) is 0.381. The number of hydrogen-bond donors (Lipinski definition) is 1. The molecule has 148 valence electrons. The minimum absolute atomic E-state index is 0.161. The first-order valence-corrected chi connectivity index (χ1v) is 8.57. The van der Waals surface area contributed by atoms with E-state index < -0.39 is 28.7 Å². The average Bonchev–Trinajstić information content (AvgIpc) is 2.63. The van der Waals surface area contributed by atoms with E-state index in [1.807, 2.05) is 0 Å². The van der Waals surface area contributed by atoms with Gasteiger partial charge in [0.1, 0.15) is 24.0 Å². The summed E-state index contributed by atoms with van der Waals surface area (Å²) in [5.41, 5.74) is -3.31. The van der Waals surface area contributed by atoms with Crippen molar-refractivity contribution in [2.75, 3.05) is 13.2 Å². The topological polar surface area (TPSA) is 89.9 Å². The van der Waals surface area contributed by atoms with Crippen molar-refractivity contribution in [1.29, 1.82) is 0 Å². The van der Waals surface area contributed by atoms with Gasteiger partial charge in [0.05, 0.1) is 0 Å². The van der Waals surface area contributed by atoms with E-state index >= 15 is 0 Å². The first kappa shape index (κ1) is 24.1. The molecule has 0 aromatic heterocycles. The molecule has 0 atom stereocenters. The van der Waals surface area contributed by atoms with Crippen LogP contribution in [0.4, 0.5) is 0 Å². The minimum Gasteiger partial charge on any atom is -0.480 e. The summed E-state index contributed by atoms with van der Waals surface area (Å²) in [5.74, 6) is -2.61. The van der Waals surface area contributed by atoms with Gasteiger partial charge >= 0.3 is 17.9 Å². The molecule has 0 spiro atoms. The van der Waals surface area contributed by atoms with E-state index in [0.717, 1.165) is 6.08 Å². The van der Waals surface area contributed by atoms with Gasteiger partial charge in [0.15, 0.2) is 0 Å².